The van der Waals surface area contributed by atoms with Crippen molar-refractivity contribution in [1.82, 2.24) is 9.97 Å². The molecule has 1 heterocycles. The summed E-state index contributed by atoms with van der Waals surface area (Å²) in [4.78, 5) is 7.93. The number of alkyl halides is 3. The molecule has 20 heavy (non-hydrogen) atoms. The topological polar surface area (TPSA) is 35.0 Å². The van der Waals surface area contributed by atoms with Crippen LogP contribution in [0.1, 0.15) is 17.9 Å². The van der Waals surface area contributed by atoms with Crippen LogP contribution < -0.4 is 4.74 Å². The van der Waals surface area contributed by atoms with Crippen LogP contribution in [0.2, 0.25) is 0 Å². The molecule has 1 saturated carbocycles. The average molecular weight is 280 g/mol. The Labute approximate surface area is 113 Å². The fraction of sp³-hybridized carbons (Fsp3) is 0.286. The van der Waals surface area contributed by atoms with Gasteiger partial charge in [-0.05, 0) is 12.0 Å². The quantitative estimate of drug-likeness (QED) is 0.858. The van der Waals surface area contributed by atoms with Gasteiger partial charge in [-0.25, -0.2) is 14.4 Å². The van der Waals surface area contributed by atoms with Gasteiger partial charge in [0.1, 0.15) is 6.17 Å². The van der Waals surface area contributed by atoms with Crippen LogP contribution in [0.15, 0.2) is 36.7 Å². The van der Waals surface area contributed by atoms with Gasteiger partial charge in [-0.2, -0.15) is 8.78 Å². The van der Waals surface area contributed by atoms with Gasteiger partial charge in [0.05, 0.1) is 12.4 Å². The number of halogens is 3. The van der Waals surface area contributed by atoms with E-state index in [1.54, 1.807) is 12.1 Å². The van der Waals surface area contributed by atoms with E-state index in [4.69, 9.17) is 0 Å². The van der Waals surface area contributed by atoms with Crippen molar-refractivity contribution in [2.75, 3.05) is 0 Å². The maximum absolute atomic E-state index is 12.9. The summed E-state index contributed by atoms with van der Waals surface area (Å²) in [5.74, 6) is 0.330. The Bertz CT molecular complexity index is 586. The molecular formula is C14H11F3N2O. The minimum absolute atomic E-state index is 0.00628. The maximum Gasteiger partial charge on any atom is 0.387 e. The number of aromatic nitrogens is 2. The summed E-state index contributed by atoms with van der Waals surface area (Å²) in [5.41, 5.74) is 1.70. The Morgan fingerprint density at radius 2 is 1.70 bits per heavy atom. The van der Waals surface area contributed by atoms with Crippen LogP contribution >= 0.6 is 0 Å². The monoisotopic (exact) mass is 280 g/mol. The molecule has 2 unspecified atom stereocenters. The molecule has 0 saturated heterocycles. The molecule has 1 aromatic carbocycles. The lowest BCUT2D eigenvalue weighted by molar-refractivity contribution is -0.0503. The molecule has 104 valence electrons. The summed E-state index contributed by atoms with van der Waals surface area (Å²) in [6.45, 7) is -2.89. The average Bonchev–Trinajstić information content (AvgIpc) is 3.16. The summed E-state index contributed by atoms with van der Waals surface area (Å²) in [7, 11) is 0. The predicted octanol–water partition coefficient (Wildman–Crippen LogP) is 3.57. The predicted molar refractivity (Wildman–Crippen MR) is 66.4 cm³/mol. The normalized spacial score (nSPS) is 21.0. The Kier molecular flexibility index (Phi) is 3.30. The summed E-state index contributed by atoms with van der Waals surface area (Å²) in [6.07, 6.45) is 2.24. The summed E-state index contributed by atoms with van der Waals surface area (Å²) in [6, 6.07) is 7.27. The van der Waals surface area contributed by atoms with Gasteiger partial charge in [0.2, 0.25) is 0 Å². The number of hydrogen-bond acceptors (Lipinski definition) is 3. The highest BCUT2D eigenvalue weighted by atomic mass is 19.3. The van der Waals surface area contributed by atoms with Gasteiger partial charge in [0.15, 0.2) is 11.6 Å². The smallest absolute Gasteiger partial charge is 0.387 e. The van der Waals surface area contributed by atoms with E-state index >= 15 is 0 Å². The molecule has 0 spiro atoms. The third kappa shape index (κ3) is 2.74. The standard InChI is InChI=1S/C14H11F3N2O/c15-12-5-11(12)8-1-3-9(4-2-8)13-18-6-10(7-19-13)20-14(16)17/h1-4,6-7,11-12,14H,5H2. The molecule has 0 amide bonds. The number of nitrogens with zero attached hydrogens (tertiary/aromatic N) is 2. The Morgan fingerprint density at radius 1 is 1.10 bits per heavy atom. The highest BCUT2D eigenvalue weighted by Crippen LogP contribution is 2.43. The molecule has 0 N–H and O–H groups in total. The SMILES string of the molecule is FC(F)Oc1cnc(-c2ccc(C3CC3F)cc2)nc1. The van der Waals surface area contributed by atoms with Crippen molar-refractivity contribution in [3.05, 3.63) is 42.2 Å². The van der Waals surface area contributed by atoms with Crippen LogP contribution in [0.3, 0.4) is 0 Å². The first kappa shape index (κ1) is 12.9. The minimum atomic E-state index is -2.89. The van der Waals surface area contributed by atoms with Crippen molar-refractivity contribution < 1.29 is 17.9 Å². The number of ether oxygens (including phenoxy) is 1. The first-order valence-electron chi connectivity index (χ1n) is 6.15. The number of benzene rings is 1. The molecule has 0 aliphatic heterocycles. The van der Waals surface area contributed by atoms with Crippen molar-refractivity contribution in [1.29, 1.82) is 0 Å². The van der Waals surface area contributed by atoms with Gasteiger partial charge < -0.3 is 4.74 Å². The van der Waals surface area contributed by atoms with E-state index < -0.39 is 12.8 Å². The van der Waals surface area contributed by atoms with E-state index in [9.17, 15) is 13.2 Å². The minimum Gasteiger partial charge on any atom is -0.432 e. The molecular weight excluding hydrogens is 269 g/mol. The van der Waals surface area contributed by atoms with Gasteiger partial charge >= 0.3 is 6.61 Å². The maximum atomic E-state index is 12.9. The van der Waals surface area contributed by atoms with Crippen LogP contribution in [0.25, 0.3) is 11.4 Å². The number of hydrogen-bond donors (Lipinski definition) is 0. The lowest BCUT2D eigenvalue weighted by Gasteiger charge is -2.05. The second kappa shape index (κ2) is 5.11. The highest BCUT2D eigenvalue weighted by molar-refractivity contribution is 5.55. The second-order valence-electron chi connectivity index (χ2n) is 4.60. The Hall–Kier alpha value is -2.11. The van der Waals surface area contributed by atoms with E-state index in [1.165, 1.54) is 12.4 Å². The first-order valence-corrected chi connectivity index (χ1v) is 6.15. The third-order valence-corrected chi connectivity index (χ3v) is 3.16. The third-order valence-electron chi connectivity index (χ3n) is 3.16. The van der Waals surface area contributed by atoms with Crippen molar-refractivity contribution in [3.8, 4) is 17.1 Å². The molecule has 0 radical (unpaired) electrons. The van der Waals surface area contributed by atoms with Crippen LogP contribution in [0.4, 0.5) is 13.2 Å². The van der Waals surface area contributed by atoms with Gasteiger partial charge in [0.25, 0.3) is 0 Å². The van der Waals surface area contributed by atoms with Gasteiger partial charge in [-0.15, -0.1) is 0 Å². The van der Waals surface area contributed by atoms with Crippen molar-refractivity contribution in [2.24, 2.45) is 0 Å². The van der Waals surface area contributed by atoms with Gasteiger partial charge in [-0.1, -0.05) is 24.3 Å². The van der Waals surface area contributed by atoms with Gasteiger partial charge in [-0.3, -0.25) is 0 Å². The number of rotatable bonds is 4. The summed E-state index contributed by atoms with van der Waals surface area (Å²) in [5, 5.41) is 0. The van der Waals surface area contributed by atoms with E-state index in [0.717, 1.165) is 11.1 Å². The molecule has 0 bridgehead atoms. The molecule has 2 aromatic rings. The first-order chi connectivity index (χ1) is 9.63. The fourth-order valence-electron chi connectivity index (χ4n) is 2.02. The molecule has 3 rings (SSSR count). The van der Waals surface area contributed by atoms with Crippen molar-refractivity contribution >= 4 is 0 Å². The summed E-state index contributed by atoms with van der Waals surface area (Å²) >= 11 is 0. The van der Waals surface area contributed by atoms with Crippen LogP contribution in [0, 0.1) is 0 Å². The lowest BCUT2D eigenvalue weighted by atomic mass is 10.1. The van der Waals surface area contributed by atoms with Crippen LogP contribution in [-0.2, 0) is 0 Å². The van der Waals surface area contributed by atoms with Crippen molar-refractivity contribution in [3.63, 3.8) is 0 Å². The molecule has 3 nitrogen and oxygen atoms in total. The fourth-order valence-corrected chi connectivity index (χ4v) is 2.02. The molecule has 1 fully saturated rings. The molecule has 1 aliphatic carbocycles. The second-order valence-corrected chi connectivity index (χ2v) is 4.60. The lowest BCUT2D eigenvalue weighted by Crippen LogP contribution is -2.03. The van der Waals surface area contributed by atoms with E-state index in [-0.39, 0.29) is 11.7 Å². The zero-order chi connectivity index (χ0) is 14.1. The molecule has 6 heteroatoms. The molecule has 1 aromatic heterocycles. The summed E-state index contributed by atoms with van der Waals surface area (Å²) < 4.78 is 41.1. The largest absolute Gasteiger partial charge is 0.432 e. The molecule has 2 atom stereocenters. The van der Waals surface area contributed by atoms with Crippen LogP contribution in [-0.4, -0.2) is 22.8 Å². The highest BCUT2D eigenvalue weighted by Gasteiger charge is 2.38. The zero-order valence-corrected chi connectivity index (χ0v) is 10.3. The Balaban J connectivity index is 1.75. The van der Waals surface area contributed by atoms with E-state index in [0.29, 0.717) is 12.2 Å². The zero-order valence-electron chi connectivity index (χ0n) is 10.3. The van der Waals surface area contributed by atoms with E-state index in [1.807, 2.05) is 12.1 Å². The van der Waals surface area contributed by atoms with Crippen LogP contribution in [0.5, 0.6) is 5.75 Å². The van der Waals surface area contributed by atoms with Gasteiger partial charge in [0, 0.05) is 11.5 Å². The Morgan fingerprint density at radius 3 is 2.20 bits per heavy atom. The molecule has 1 aliphatic rings. The van der Waals surface area contributed by atoms with E-state index in [2.05, 4.69) is 14.7 Å². The van der Waals surface area contributed by atoms with Crippen molar-refractivity contribution in [2.45, 2.75) is 25.1 Å².